The number of ether oxygens (including phenoxy) is 1. The number of amides is 1. The van der Waals surface area contributed by atoms with Crippen molar-refractivity contribution in [2.45, 2.75) is 13.8 Å². The zero-order valence-corrected chi connectivity index (χ0v) is 16.3. The minimum absolute atomic E-state index is 0.216. The van der Waals surface area contributed by atoms with Crippen molar-refractivity contribution in [1.29, 1.82) is 0 Å². The Morgan fingerprint density at radius 1 is 1.04 bits per heavy atom. The molecule has 1 heterocycles. The fourth-order valence-electron chi connectivity index (χ4n) is 2.36. The van der Waals surface area contributed by atoms with E-state index in [-0.39, 0.29) is 12.5 Å². The van der Waals surface area contributed by atoms with Crippen LogP contribution in [0.4, 0.5) is 5.69 Å². The van der Waals surface area contributed by atoms with Crippen molar-refractivity contribution in [3.63, 3.8) is 0 Å². The Bertz CT molecular complexity index is 975. The molecule has 0 saturated carbocycles. The first-order valence-electron chi connectivity index (χ1n) is 8.21. The highest BCUT2D eigenvalue weighted by Crippen LogP contribution is 2.25. The van der Waals surface area contributed by atoms with Gasteiger partial charge in [-0.25, -0.2) is 4.98 Å². The molecule has 5 nitrogen and oxygen atoms in total. The molecule has 0 radical (unpaired) electrons. The number of rotatable bonds is 5. The van der Waals surface area contributed by atoms with Gasteiger partial charge in [0.2, 0.25) is 5.88 Å². The summed E-state index contributed by atoms with van der Waals surface area (Å²) in [6, 6.07) is 14.4. The summed E-state index contributed by atoms with van der Waals surface area (Å²) in [5.74, 6) is 0.501. The first kappa shape index (κ1) is 19.1. The molecule has 0 fully saturated rings. The van der Waals surface area contributed by atoms with Gasteiger partial charge < -0.3 is 10.1 Å². The maximum Gasteiger partial charge on any atom is 0.262 e. The quantitative estimate of drug-likeness (QED) is 0.646. The van der Waals surface area contributed by atoms with E-state index in [9.17, 15) is 4.79 Å². The first-order valence-corrected chi connectivity index (χ1v) is 8.97. The highest BCUT2D eigenvalue weighted by atomic mass is 35.5. The number of nitrogens with zero attached hydrogens (tertiary/aromatic N) is 2. The lowest BCUT2D eigenvalue weighted by atomic mass is 10.1. The van der Waals surface area contributed by atoms with E-state index in [4.69, 9.17) is 27.9 Å². The zero-order chi connectivity index (χ0) is 19.4. The molecule has 0 spiro atoms. The fraction of sp³-hybridized carbons (Fsp3) is 0.150. The molecular formula is C20H17Cl2N3O2. The first-order chi connectivity index (χ1) is 12.9. The van der Waals surface area contributed by atoms with Gasteiger partial charge in [-0.15, -0.1) is 0 Å². The maximum absolute atomic E-state index is 12.1. The third kappa shape index (κ3) is 5.18. The Morgan fingerprint density at radius 2 is 1.78 bits per heavy atom. The van der Waals surface area contributed by atoms with E-state index < -0.39 is 0 Å². The van der Waals surface area contributed by atoms with Gasteiger partial charge in [0.05, 0.1) is 10.7 Å². The van der Waals surface area contributed by atoms with Crippen LogP contribution in [0, 0.1) is 13.8 Å². The van der Waals surface area contributed by atoms with E-state index in [0.717, 1.165) is 16.8 Å². The minimum atomic E-state index is -0.368. The Balaban J connectivity index is 1.69. The minimum Gasteiger partial charge on any atom is -0.467 e. The lowest BCUT2D eigenvalue weighted by Crippen LogP contribution is -2.20. The molecule has 3 rings (SSSR count). The number of anilines is 1. The van der Waals surface area contributed by atoms with Crippen molar-refractivity contribution < 1.29 is 9.53 Å². The van der Waals surface area contributed by atoms with E-state index in [1.54, 1.807) is 24.3 Å². The van der Waals surface area contributed by atoms with E-state index in [0.29, 0.717) is 27.4 Å². The van der Waals surface area contributed by atoms with Crippen LogP contribution in [0.15, 0.2) is 48.5 Å². The van der Waals surface area contributed by atoms with Crippen LogP contribution in [0.1, 0.15) is 11.3 Å². The molecule has 0 saturated heterocycles. The second kappa shape index (κ2) is 8.37. The van der Waals surface area contributed by atoms with Crippen molar-refractivity contribution in [1.82, 2.24) is 9.97 Å². The van der Waals surface area contributed by atoms with Gasteiger partial charge in [0.1, 0.15) is 0 Å². The van der Waals surface area contributed by atoms with Crippen molar-refractivity contribution in [3.05, 3.63) is 69.8 Å². The third-order valence-electron chi connectivity index (χ3n) is 3.69. The van der Waals surface area contributed by atoms with Crippen LogP contribution < -0.4 is 10.1 Å². The van der Waals surface area contributed by atoms with Gasteiger partial charge in [0, 0.05) is 22.3 Å². The average Bonchev–Trinajstić information content (AvgIpc) is 2.63. The number of hydrogen-bond acceptors (Lipinski definition) is 4. The highest BCUT2D eigenvalue weighted by Gasteiger charge is 2.10. The van der Waals surface area contributed by atoms with Crippen molar-refractivity contribution in [2.75, 3.05) is 11.9 Å². The molecule has 1 N–H and O–H groups in total. The van der Waals surface area contributed by atoms with E-state index in [1.165, 1.54) is 0 Å². The standard InChI is InChI=1S/C20H17Cl2N3O2/c1-12-3-5-14(6-4-12)20-23-13(2)9-19(25-20)27-11-18(26)24-17-10-15(21)7-8-16(17)22/h3-10H,11H2,1-2H3,(H,24,26). The Hall–Kier alpha value is -2.63. The number of halogens is 2. The molecule has 3 aromatic rings. The SMILES string of the molecule is Cc1ccc(-c2nc(C)cc(OCC(=O)Nc3cc(Cl)ccc3Cl)n2)cc1. The van der Waals surface area contributed by atoms with Gasteiger partial charge in [-0.05, 0) is 32.0 Å². The Labute approximate surface area is 167 Å². The second-order valence-corrected chi connectivity index (χ2v) is 6.84. The summed E-state index contributed by atoms with van der Waals surface area (Å²) in [5, 5.41) is 3.54. The maximum atomic E-state index is 12.1. The highest BCUT2D eigenvalue weighted by molar-refractivity contribution is 6.35. The van der Waals surface area contributed by atoms with Gasteiger partial charge >= 0.3 is 0 Å². The Kier molecular flexibility index (Phi) is 5.94. The van der Waals surface area contributed by atoms with Crippen molar-refractivity contribution in [3.8, 4) is 17.3 Å². The summed E-state index contributed by atoms with van der Waals surface area (Å²) >= 11 is 12.0. The van der Waals surface area contributed by atoms with E-state index >= 15 is 0 Å². The van der Waals surface area contributed by atoms with Crippen LogP contribution >= 0.6 is 23.2 Å². The summed E-state index contributed by atoms with van der Waals surface area (Å²) in [6.45, 7) is 3.64. The molecule has 7 heteroatoms. The molecule has 27 heavy (non-hydrogen) atoms. The molecule has 0 aliphatic rings. The number of aryl methyl sites for hydroxylation is 2. The van der Waals surface area contributed by atoms with Crippen LogP contribution in [0.5, 0.6) is 5.88 Å². The molecule has 0 aliphatic heterocycles. The largest absolute Gasteiger partial charge is 0.467 e. The monoisotopic (exact) mass is 401 g/mol. The molecule has 2 aromatic carbocycles. The average molecular weight is 402 g/mol. The fourth-order valence-corrected chi connectivity index (χ4v) is 2.70. The summed E-state index contributed by atoms with van der Waals surface area (Å²) < 4.78 is 5.54. The predicted molar refractivity (Wildman–Crippen MR) is 108 cm³/mol. The molecule has 0 atom stereocenters. The van der Waals surface area contributed by atoms with Crippen molar-refractivity contribution >= 4 is 34.8 Å². The van der Waals surface area contributed by atoms with Gasteiger partial charge in [-0.1, -0.05) is 53.0 Å². The van der Waals surface area contributed by atoms with Crippen LogP contribution in [-0.2, 0) is 4.79 Å². The summed E-state index contributed by atoms with van der Waals surface area (Å²) in [7, 11) is 0. The van der Waals surface area contributed by atoms with Gasteiger partial charge in [0.15, 0.2) is 12.4 Å². The smallest absolute Gasteiger partial charge is 0.262 e. The number of hydrogen-bond donors (Lipinski definition) is 1. The molecule has 138 valence electrons. The van der Waals surface area contributed by atoms with E-state index in [1.807, 2.05) is 38.1 Å². The van der Waals surface area contributed by atoms with Gasteiger partial charge in [0.25, 0.3) is 5.91 Å². The third-order valence-corrected chi connectivity index (χ3v) is 4.26. The number of carbonyl (C=O) groups is 1. The number of nitrogens with one attached hydrogen (secondary N) is 1. The van der Waals surface area contributed by atoms with Gasteiger partial charge in [-0.2, -0.15) is 4.98 Å². The summed E-state index contributed by atoms with van der Waals surface area (Å²) in [6.07, 6.45) is 0. The predicted octanol–water partition coefficient (Wildman–Crippen LogP) is 5.08. The summed E-state index contributed by atoms with van der Waals surface area (Å²) in [4.78, 5) is 21.0. The molecular weight excluding hydrogens is 385 g/mol. The molecule has 1 amide bonds. The number of benzene rings is 2. The van der Waals surface area contributed by atoms with E-state index in [2.05, 4.69) is 15.3 Å². The number of carbonyl (C=O) groups excluding carboxylic acids is 1. The normalized spacial score (nSPS) is 10.5. The van der Waals surface area contributed by atoms with Crippen LogP contribution in [-0.4, -0.2) is 22.5 Å². The van der Waals surface area contributed by atoms with Crippen LogP contribution in [0.3, 0.4) is 0 Å². The molecule has 0 aliphatic carbocycles. The van der Waals surface area contributed by atoms with Crippen LogP contribution in [0.25, 0.3) is 11.4 Å². The topological polar surface area (TPSA) is 64.1 Å². The lowest BCUT2D eigenvalue weighted by Gasteiger charge is -2.10. The Morgan fingerprint density at radius 3 is 2.52 bits per heavy atom. The zero-order valence-electron chi connectivity index (χ0n) is 14.8. The van der Waals surface area contributed by atoms with Gasteiger partial charge in [-0.3, -0.25) is 4.79 Å². The lowest BCUT2D eigenvalue weighted by molar-refractivity contribution is -0.118. The van der Waals surface area contributed by atoms with Crippen molar-refractivity contribution in [2.24, 2.45) is 0 Å². The summed E-state index contributed by atoms with van der Waals surface area (Å²) in [5.41, 5.74) is 3.20. The second-order valence-electron chi connectivity index (χ2n) is 6.00. The number of aromatic nitrogens is 2. The molecule has 0 unspecified atom stereocenters. The molecule has 0 bridgehead atoms. The van der Waals surface area contributed by atoms with Crippen LogP contribution in [0.2, 0.25) is 10.0 Å². The molecule has 1 aromatic heterocycles.